The monoisotopic (exact) mass is 302 g/mol. The molecule has 0 aliphatic carbocycles. The van der Waals surface area contributed by atoms with Crippen LogP contribution in [0.25, 0.3) is 0 Å². The van der Waals surface area contributed by atoms with E-state index in [-0.39, 0.29) is 6.54 Å². The van der Waals surface area contributed by atoms with Crippen LogP contribution in [0.2, 0.25) is 0 Å². The van der Waals surface area contributed by atoms with E-state index in [1.54, 1.807) is 19.9 Å². The first kappa shape index (κ1) is 16.9. The van der Waals surface area contributed by atoms with Gasteiger partial charge in [-0.05, 0) is 45.0 Å². The van der Waals surface area contributed by atoms with Crippen molar-refractivity contribution in [3.8, 4) is 0 Å². The van der Waals surface area contributed by atoms with Gasteiger partial charge in [0.15, 0.2) is 0 Å². The van der Waals surface area contributed by atoms with Gasteiger partial charge in [-0.2, -0.15) is 0 Å². The lowest BCUT2D eigenvalue weighted by Crippen LogP contribution is -2.42. The molecule has 0 saturated heterocycles. The fraction of sp³-hybridized carbons (Fsp3) is 0.571. The molecule has 1 atom stereocenters. The topological polar surface area (TPSA) is 49.4 Å². The van der Waals surface area contributed by atoms with Gasteiger partial charge < -0.3 is 5.32 Å². The summed E-state index contributed by atoms with van der Waals surface area (Å²) in [5.41, 5.74) is 0.370. The van der Waals surface area contributed by atoms with E-state index in [0.717, 1.165) is 13.0 Å². The van der Waals surface area contributed by atoms with E-state index in [9.17, 15) is 12.8 Å². The molecule has 4 nitrogen and oxygen atoms in total. The highest BCUT2D eigenvalue weighted by Crippen LogP contribution is 2.21. The van der Waals surface area contributed by atoms with Gasteiger partial charge in [-0.3, -0.25) is 4.31 Å². The maximum Gasteiger partial charge on any atom is 0.239 e. The number of nitrogens with zero attached hydrogens (tertiary/aromatic N) is 1. The van der Waals surface area contributed by atoms with Gasteiger partial charge in [0.2, 0.25) is 10.0 Å². The van der Waals surface area contributed by atoms with E-state index >= 15 is 0 Å². The summed E-state index contributed by atoms with van der Waals surface area (Å²) in [5, 5.41) is 2.54. The minimum atomic E-state index is -3.50. The number of rotatable bonds is 8. The molecule has 1 aromatic rings. The maximum atomic E-state index is 13.3. The number of sulfonamides is 1. The third-order valence-electron chi connectivity index (χ3n) is 3.06. The van der Waals surface area contributed by atoms with E-state index in [1.807, 2.05) is 6.92 Å². The van der Waals surface area contributed by atoms with E-state index in [4.69, 9.17) is 0 Å². The SMILES string of the molecule is CCCNCC(C)S(=O)(=O)N(CC)c1cccc(F)c1. The largest absolute Gasteiger partial charge is 0.315 e. The van der Waals surface area contributed by atoms with Gasteiger partial charge in [-0.1, -0.05) is 13.0 Å². The van der Waals surface area contributed by atoms with Crippen LogP contribution in [0.4, 0.5) is 10.1 Å². The lowest BCUT2D eigenvalue weighted by molar-refractivity contribution is 0.566. The van der Waals surface area contributed by atoms with E-state index < -0.39 is 21.1 Å². The second-order valence-electron chi connectivity index (χ2n) is 4.70. The minimum absolute atomic E-state index is 0.282. The molecular weight excluding hydrogens is 279 g/mol. The predicted octanol–water partition coefficient (Wildman–Crippen LogP) is 2.37. The molecule has 1 N–H and O–H groups in total. The van der Waals surface area contributed by atoms with Gasteiger partial charge in [-0.15, -0.1) is 0 Å². The van der Waals surface area contributed by atoms with Crippen molar-refractivity contribution in [2.45, 2.75) is 32.4 Å². The summed E-state index contributed by atoms with van der Waals surface area (Å²) in [6.07, 6.45) is 0.953. The van der Waals surface area contributed by atoms with Crippen LogP contribution in [0, 0.1) is 5.82 Å². The third kappa shape index (κ3) is 4.18. The second kappa shape index (κ2) is 7.59. The Kier molecular flexibility index (Phi) is 6.42. The molecule has 1 rings (SSSR count). The van der Waals surface area contributed by atoms with Crippen molar-refractivity contribution in [2.75, 3.05) is 23.9 Å². The Labute approximate surface area is 121 Å². The molecule has 0 fully saturated rings. The zero-order chi connectivity index (χ0) is 15.2. The zero-order valence-corrected chi connectivity index (χ0v) is 13.1. The molecule has 0 spiro atoms. The molecule has 0 bridgehead atoms. The molecule has 0 amide bonds. The number of anilines is 1. The first-order chi connectivity index (χ1) is 9.43. The molecule has 1 unspecified atom stereocenters. The molecule has 20 heavy (non-hydrogen) atoms. The van der Waals surface area contributed by atoms with Gasteiger partial charge >= 0.3 is 0 Å². The minimum Gasteiger partial charge on any atom is -0.315 e. The van der Waals surface area contributed by atoms with Crippen LogP contribution < -0.4 is 9.62 Å². The van der Waals surface area contributed by atoms with Gasteiger partial charge in [0, 0.05) is 13.1 Å². The Morgan fingerprint density at radius 3 is 2.60 bits per heavy atom. The van der Waals surface area contributed by atoms with Crippen LogP contribution in [-0.4, -0.2) is 33.3 Å². The normalized spacial score (nSPS) is 13.2. The van der Waals surface area contributed by atoms with Gasteiger partial charge in [0.1, 0.15) is 5.82 Å². The summed E-state index contributed by atoms with van der Waals surface area (Å²) >= 11 is 0. The fourth-order valence-electron chi connectivity index (χ4n) is 1.95. The van der Waals surface area contributed by atoms with Crippen LogP contribution in [0.15, 0.2) is 24.3 Å². The quantitative estimate of drug-likeness (QED) is 0.750. The standard InChI is InChI=1S/C14H23FN2O2S/c1-4-9-16-11-12(3)20(18,19)17(5-2)14-8-6-7-13(15)10-14/h6-8,10,12,16H,4-5,9,11H2,1-3H3. The van der Waals surface area contributed by atoms with Gasteiger partial charge in [-0.25, -0.2) is 12.8 Å². The molecule has 0 radical (unpaired) electrons. The Hall–Kier alpha value is -1.14. The molecule has 0 aliphatic heterocycles. The number of halogens is 1. The average molecular weight is 302 g/mol. The molecule has 0 aliphatic rings. The van der Waals surface area contributed by atoms with Crippen molar-refractivity contribution in [3.63, 3.8) is 0 Å². The summed E-state index contributed by atoms with van der Waals surface area (Å²) in [6, 6.07) is 5.67. The van der Waals surface area contributed by atoms with Crippen LogP contribution in [0.1, 0.15) is 27.2 Å². The van der Waals surface area contributed by atoms with Crippen LogP contribution in [-0.2, 0) is 10.0 Å². The number of nitrogens with one attached hydrogen (secondary N) is 1. The first-order valence-electron chi connectivity index (χ1n) is 6.91. The molecule has 1 aromatic carbocycles. The van der Waals surface area contributed by atoms with Crippen molar-refractivity contribution in [1.82, 2.24) is 5.32 Å². The van der Waals surface area contributed by atoms with Crippen LogP contribution >= 0.6 is 0 Å². The number of hydrogen-bond acceptors (Lipinski definition) is 3. The number of hydrogen-bond donors (Lipinski definition) is 1. The Morgan fingerprint density at radius 2 is 2.05 bits per heavy atom. The molecule has 0 aromatic heterocycles. The highest BCUT2D eigenvalue weighted by molar-refractivity contribution is 7.93. The highest BCUT2D eigenvalue weighted by Gasteiger charge is 2.27. The number of benzene rings is 1. The zero-order valence-electron chi connectivity index (χ0n) is 12.3. The van der Waals surface area contributed by atoms with Crippen molar-refractivity contribution in [2.24, 2.45) is 0 Å². The summed E-state index contributed by atoms with van der Waals surface area (Å²) in [4.78, 5) is 0. The molecule has 0 saturated carbocycles. The summed E-state index contributed by atoms with van der Waals surface area (Å²) in [6.45, 7) is 6.89. The second-order valence-corrected chi connectivity index (χ2v) is 6.98. The lowest BCUT2D eigenvalue weighted by atomic mass is 10.3. The maximum absolute atomic E-state index is 13.3. The summed E-state index contributed by atoms with van der Waals surface area (Å²) in [5.74, 6) is -0.437. The lowest BCUT2D eigenvalue weighted by Gasteiger charge is -2.26. The third-order valence-corrected chi connectivity index (χ3v) is 5.32. The van der Waals surface area contributed by atoms with Crippen molar-refractivity contribution in [1.29, 1.82) is 0 Å². The van der Waals surface area contributed by atoms with Gasteiger partial charge in [0.05, 0.1) is 10.9 Å². The van der Waals surface area contributed by atoms with Crippen molar-refractivity contribution < 1.29 is 12.8 Å². The van der Waals surface area contributed by atoms with E-state index in [2.05, 4.69) is 5.32 Å². The Bertz CT molecular complexity index is 520. The molecule has 0 heterocycles. The van der Waals surface area contributed by atoms with Crippen molar-refractivity contribution >= 4 is 15.7 Å². The molecule has 114 valence electrons. The van der Waals surface area contributed by atoms with E-state index in [0.29, 0.717) is 12.2 Å². The summed E-state index contributed by atoms with van der Waals surface area (Å²) in [7, 11) is -3.50. The highest BCUT2D eigenvalue weighted by atomic mass is 32.2. The van der Waals surface area contributed by atoms with E-state index in [1.165, 1.54) is 22.5 Å². The van der Waals surface area contributed by atoms with Gasteiger partial charge in [0.25, 0.3) is 0 Å². The summed E-state index contributed by atoms with van der Waals surface area (Å²) < 4.78 is 39.6. The first-order valence-corrected chi connectivity index (χ1v) is 8.41. The molecule has 6 heteroatoms. The van der Waals surface area contributed by atoms with Crippen molar-refractivity contribution in [3.05, 3.63) is 30.1 Å². The Balaban J connectivity index is 2.92. The Morgan fingerprint density at radius 1 is 1.35 bits per heavy atom. The van der Waals surface area contributed by atoms with Crippen LogP contribution in [0.3, 0.4) is 0 Å². The fourth-order valence-corrected chi connectivity index (χ4v) is 3.48. The predicted molar refractivity (Wildman–Crippen MR) is 81.0 cm³/mol. The average Bonchev–Trinajstić information content (AvgIpc) is 2.39. The van der Waals surface area contributed by atoms with Crippen LogP contribution in [0.5, 0.6) is 0 Å². The molecular formula is C14H23FN2O2S. The smallest absolute Gasteiger partial charge is 0.239 e.